The lowest BCUT2D eigenvalue weighted by Crippen LogP contribution is -2.33. The first-order chi connectivity index (χ1) is 6.22. The van der Waals surface area contributed by atoms with Crippen LogP contribution in [0.5, 0.6) is 0 Å². The Morgan fingerprint density at radius 3 is 3.00 bits per heavy atom. The highest BCUT2D eigenvalue weighted by molar-refractivity contribution is 5.77. The molecule has 2 N–H and O–H groups in total. The number of nitrogens with zero attached hydrogens (tertiary/aromatic N) is 3. The molecule has 0 saturated carbocycles. The maximum Gasteiger partial charge on any atom is 0.228 e. The Morgan fingerprint density at radius 2 is 2.46 bits per heavy atom. The van der Waals surface area contributed by atoms with E-state index in [1.54, 1.807) is 0 Å². The third-order valence-electron chi connectivity index (χ3n) is 1.73. The number of carbonyl (C=O) groups excluding carboxylic acids is 1. The van der Waals surface area contributed by atoms with E-state index in [0.717, 1.165) is 6.42 Å². The van der Waals surface area contributed by atoms with Gasteiger partial charge in [0.1, 0.15) is 0 Å². The lowest BCUT2D eigenvalue weighted by Gasteiger charge is -2.09. The van der Waals surface area contributed by atoms with Crippen LogP contribution in [0.25, 0.3) is 0 Å². The molecule has 1 aromatic heterocycles. The van der Waals surface area contributed by atoms with E-state index >= 15 is 0 Å². The number of rotatable bonds is 4. The van der Waals surface area contributed by atoms with E-state index in [4.69, 9.17) is 0 Å². The second-order valence-corrected chi connectivity index (χ2v) is 2.88. The molecule has 0 bridgehead atoms. The van der Waals surface area contributed by atoms with Gasteiger partial charge in [0, 0.05) is 6.04 Å². The lowest BCUT2D eigenvalue weighted by molar-refractivity contribution is -0.121. The minimum atomic E-state index is -0.0734. The normalized spacial score (nSPS) is 12.5. The Kier molecular flexibility index (Phi) is 3.36. The molecule has 0 aliphatic rings. The highest BCUT2D eigenvalue weighted by Gasteiger charge is 2.08. The number of aromatic amines is 1. The van der Waals surface area contributed by atoms with Gasteiger partial charge >= 0.3 is 0 Å². The molecule has 0 fully saturated rings. The number of aromatic nitrogens is 4. The topological polar surface area (TPSA) is 83.6 Å². The van der Waals surface area contributed by atoms with Crippen molar-refractivity contribution in [2.75, 3.05) is 0 Å². The van der Waals surface area contributed by atoms with Crippen LogP contribution < -0.4 is 5.32 Å². The summed E-state index contributed by atoms with van der Waals surface area (Å²) in [4.78, 5) is 11.2. The van der Waals surface area contributed by atoms with E-state index in [0.29, 0.717) is 5.82 Å². The zero-order chi connectivity index (χ0) is 9.68. The summed E-state index contributed by atoms with van der Waals surface area (Å²) < 4.78 is 0. The number of nitrogens with one attached hydrogen (secondary N) is 2. The van der Waals surface area contributed by atoms with Gasteiger partial charge in [0.2, 0.25) is 5.91 Å². The smallest absolute Gasteiger partial charge is 0.228 e. The Balaban J connectivity index is 2.34. The summed E-state index contributed by atoms with van der Waals surface area (Å²) in [6, 6.07) is 0.194. The average molecular weight is 183 g/mol. The third-order valence-corrected chi connectivity index (χ3v) is 1.73. The van der Waals surface area contributed by atoms with Gasteiger partial charge in [-0.2, -0.15) is 5.21 Å². The molecule has 0 aromatic carbocycles. The highest BCUT2D eigenvalue weighted by atomic mass is 16.1. The molecule has 0 radical (unpaired) electrons. The lowest BCUT2D eigenvalue weighted by atomic mass is 10.2. The van der Waals surface area contributed by atoms with Gasteiger partial charge in [-0.05, 0) is 13.3 Å². The van der Waals surface area contributed by atoms with Gasteiger partial charge in [0.05, 0.1) is 6.42 Å². The summed E-state index contributed by atoms with van der Waals surface area (Å²) in [6.45, 7) is 3.97. The van der Waals surface area contributed by atoms with E-state index in [-0.39, 0.29) is 18.4 Å². The van der Waals surface area contributed by atoms with Crippen molar-refractivity contribution in [1.82, 2.24) is 25.9 Å². The van der Waals surface area contributed by atoms with Gasteiger partial charge in [-0.15, -0.1) is 10.2 Å². The fourth-order valence-electron chi connectivity index (χ4n) is 0.829. The van der Waals surface area contributed by atoms with Crippen LogP contribution in [0.2, 0.25) is 0 Å². The molecule has 6 nitrogen and oxygen atoms in total. The number of hydrogen-bond donors (Lipinski definition) is 2. The van der Waals surface area contributed by atoms with Gasteiger partial charge in [-0.1, -0.05) is 12.1 Å². The molecule has 1 rings (SSSR count). The minimum Gasteiger partial charge on any atom is -0.353 e. The molecule has 6 heteroatoms. The third kappa shape index (κ3) is 3.18. The molecule has 0 aliphatic carbocycles. The molecule has 0 aliphatic heterocycles. The SMILES string of the molecule is CCC(C)NC(=O)Cc1nn[nH]n1. The number of amides is 1. The zero-order valence-electron chi connectivity index (χ0n) is 7.74. The molecule has 13 heavy (non-hydrogen) atoms. The van der Waals surface area contributed by atoms with Crippen LogP contribution in [0.3, 0.4) is 0 Å². The molecule has 0 saturated heterocycles. The minimum absolute atomic E-state index is 0.0734. The molecule has 1 amide bonds. The van der Waals surface area contributed by atoms with Gasteiger partial charge < -0.3 is 5.32 Å². The van der Waals surface area contributed by atoms with E-state index in [9.17, 15) is 4.79 Å². The van der Waals surface area contributed by atoms with Gasteiger partial charge in [0.15, 0.2) is 5.82 Å². The van der Waals surface area contributed by atoms with E-state index in [2.05, 4.69) is 25.9 Å². The Labute approximate surface area is 76.1 Å². The van der Waals surface area contributed by atoms with Crippen LogP contribution in [0, 0.1) is 0 Å². The predicted molar refractivity (Wildman–Crippen MR) is 45.8 cm³/mol. The number of H-pyrrole nitrogens is 1. The molecule has 1 aromatic rings. The molecule has 72 valence electrons. The first kappa shape index (κ1) is 9.63. The van der Waals surface area contributed by atoms with Crippen LogP contribution in [-0.2, 0) is 11.2 Å². The van der Waals surface area contributed by atoms with Crippen molar-refractivity contribution in [2.45, 2.75) is 32.7 Å². The van der Waals surface area contributed by atoms with Crippen LogP contribution in [0.4, 0.5) is 0 Å². The fourth-order valence-corrected chi connectivity index (χ4v) is 0.829. The van der Waals surface area contributed by atoms with Gasteiger partial charge in [-0.25, -0.2) is 0 Å². The molecule has 0 spiro atoms. The summed E-state index contributed by atoms with van der Waals surface area (Å²) in [5, 5.41) is 15.8. The standard InChI is InChI=1S/C7H13N5O/c1-3-5(2)8-7(13)4-6-9-11-12-10-6/h5H,3-4H2,1-2H3,(H,8,13)(H,9,10,11,12). The summed E-state index contributed by atoms with van der Waals surface area (Å²) in [5.41, 5.74) is 0. The maximum atomic E-state index is 11.2. The van der Waals surface area contributed by atoms with Crippen LogP contribution >= 0.6 is 0 Å². The molecule has 1 unspecified atom stereocenters. The maximum absolute atomic E-state index is 11.2. The molecular weight excluding hydrogens is 170 g/mol. The second kappa shape index (κ2) is 4.54. The van der Waals surface area contributed by atoms with E-state index in [1.807, 2.05) is 13.8 Å². The fraction of sp³-hybridized carbons (Fsp3) is 0.714. The van der Waals surface area contributed by atoms with Crippen molar-refractivity contribution in [2.24, 2.45) is 0 Å². The van der Waals surface area contributed by atoms with E-state index in [1.165, 1.54) is 0 Å². The molecule has 1 atom stereocenters. The Bertz CT molecular complexity index is 258. The van der Waals surface area contributed by atoms with Crippen molar-refractivity contribution in [1.29, 1.82) is 0 Å². The van der Waals surface area contributed by atoms with Crippen molar-refractivity contribution < 1.29 is 4.79 Å². The molecule has 1 heterocycles. The molecular formula is C7H13N5O. The van der Waals surface area contributed by atoms with Crippen molar-refractivity contribution >= 4 is 5.91 Å². The van der Waals surface area contributed by atoms with Crippen LogP contribution in [0.1, 0.15) is 26.1 Å². The quantitative estimate of drug-likeness (QED) is 0.668. The monoisotopic (exact) mass is 183 g/mol. The van der Waals surface area contributed by atoms with Gasteiger partial charge in [0.25, 0.3) is 0 Å². The largest absolute Gasteiger partial charge is 0.353 e. The first-order valence-electron chi connectivity index (χ1n) is 4.24. The van der Waals surface area contributed by atoms with Crippen molar-refractivity contribution in [3.63, 3.8) is 0 Å². The van der Waals surface area contributed by atoms with Gasteiger partial charge in [-0.3, -0.25) is 4.79 Å². The average Bonchev–Trinajstić information content (AvgIpc) is 2.56. The second-order valence-electron chi connectivity index (χ2n) is 2.88. The number of hydrogen-bond acceptors (Lipinski definition) is 4. The number of tetrazole rings is 1. The van der Waals surface area contributed by atoms with Crippen molar-refractivity contribution in [3.05, 3.63) is 5.82 Å². The van der Waals surface area contributed by atoms with Crippen LogP contribution in [-0.4, -0.2) is 32.6 Å². The van der Waals surface area contributed by atoms with Crippen LogP contribution in [0.15, 0.2) is 0 Å². The predicted octanol–water partition coefficient (Wildman–Crippen LogP) is -0.343. The summed E-state index contributed by atoms with van der Waals surface area (Å²) in [6.07, 6.45) is 1.10. The summed E-state index contributed by atoms with van der Waals surface area (Å²) >= 11 is 0. The van der Waals surface area contributed by atoms with Crippen molar-refractivity contribution in [3.8, 4) is 0 Å². The number of carbonyl (C=O) groups is 1. The Morgan fingerprint density at radius 1 is 1.69 bits per heavy atom. The summed E-state index contributed by atoms with van der Waals surface area (Å²) in [7, 11) is 0. The Hall–Kier alpha value is -1.46. The highest BCUT2D eigenvalue weighted by Crippen LogP contribution is 1.90. The summed E-state index contributed by atoms with van der Waals surface area (Å²) in [5.74, 6) is 0.344. The van der Waals surface area contributed by atoms with E-state index < -0.39 is 0 Å². The first-order valence-corrected chi connectivity index (χ1v) is 4.24. The zero-order valence-corrected chi connectivity index (χ0v) is 7.74.